The highest BCUT2D eigenvalue weighted by Gasteiger charge is 2.57. The Hall–Kier alpha value is 0.310. The topological polar surface area (TPSA) is 27.3 Å². The second-order valence-corrected chi connectivity index (χ2v) is 12.5. The summed E-state index contributed by atoms with van der Waals surface area (Å²) in [7, 11) is 2.94. The molecule has 2 aliphatic rings. The van der Waals surface area contributed by atoms with E-state index in [-0.39, 0.29) is 21.8 Å². The van der Waals surface area contributed by atoms with Crippen LogP contribution in [-0.2, 0) is 0 Å². The second-order valence-electron chi connectivity index (χ2n) is 11.9. The molecule has 154 valence electrons. The molecule has 2 saturated heterocycles. The third-order valence-corrected chi connectivity index (χ3v) is 8.10. The van der Waals surface area contributed by atoms with Gasteiger partial charge in [0.25, 0.3) is 0 Å². The SMILES string of the molecule is CCC1CC(C)(C)C2C(C(C)(C)CN1)C(C)(C)CC(C)N(P)NC2(C)C. The molecule has 0 bridgehead atoms. The van der Waals surface area contributed by atoms with Crippen LogP contribution in [0.25, 0.3) is 0 Å². The molecule has 0 amide bonds. The van der Waals surface area contributed by atoms with E-state index in [2.05, 4.69) is 94.1 Å². The van der Waals surface area contributed by atoms with Gasteiger partial charge in [-0.2, -0.15) is 0 Å². The Morgan fingerprint density at radius 1 is 0.885 bits per heavy atom. The van der Waals surface area contributed by atoms with Crippen LogP contribution in [0, 0.1) is 28.1 Å². The fourth-order valence-electron chi connectivity index (χ4n) is 6.94. The average molecular weight is 384 g/mol. The van der Waals surface area contributed by atoms with Crippen molar-refractivity contribution >= 4 is 9.39 Å². The highest BCUT2D eigenvalue weighted by molar-refractivity contribution is 7.13. The molecule has 0 aromatic heterocycles. The normalized spacial score (nSPS) is 39.8. The van der Waals surface area contributed by atoms with Crippen molar-refractivity contribution in [3.8, 4) is 0 Å². The molecule has 0 aromatic rings. The van der Waals surface area contributed by atoms with Crippen LogP contribution in [0.2, 0.25) is 0 Å². The zero-order valence-electron chi connectivity index (χ0n) is 19.2. The summed E-state index contributed by atoms with van der Waals surface area (Å²) in [6.45, 7) is 25.8. The predicted molar refractivity (Wildman–Crippen MR) is 118 cm³/mol. The van der Waals surface area contributed by atoms with Gasteiger partial charge in [-0.05, 0) is 77.5 Å². The number of nitrogens with one attached hydrogen (secondary N) is 2. The lowest BCUT2D eigenvalue weighted by atomic mass is 9.48. The van der Waals surface area contributed by atoms with Crippen molar-refractivity contribution in [3.05, 3.63) is 0 Å². The van der Waals surface area contributed by atoms with Crippen molar-refractivity contribution in [2.75, 3.05) is 6.54 Å². The molecule has 5 unspecified atom stereocenters. The van der Waals surface area contributed by atoms with E-state index in [1.54, 1.807) is 0 Å². The van der Waals surface area contributed by atoms with E-state index in [9.17, 15) is 0 Å². The summed E-state index contributed by atoms with van der Waals surface area (Å²) in [5.74, 6) is 1.23. The fourth-order valence-corrected chi connectivity index (χ4v) is 7.38. The molecule has 26 heavy (non-hydrogen) atoms. The number of hydrogen-bond donors (Lipinski definition) is 2. The van der Waals surface area contributed by atoms with Crippen LogP contribution in [0.4, 0.5) is 0 Å². The molecule has 0 spiro atoms. The molecule has 2 fully saturated rings. The molecule has 2 heterocycles. The van der Waals surface area contributed by atoms with Gasteiger partial charge in [-0.3, -0.25) is 0 Å². The zero-order valence-corrected chi connectivity index (χ0v) is 20.3. The maximum Gasteiger partial charge on any atom is 0.0309 e. The Kier molecular flexibility index (Phi) is 6.33. The summed E-state index contributed by atoms with van der Waals surface area (Å²) in [5, 5.41) is 3.94. The molecule has 0 aromatic carbocycles. The highest BCUT2D eigenvalue weighted by atomic mass is 31.0. The zero-order chi connectivity index (χ0) is 20.1. The van der Waals surface area contributed by atoms with Gasteiger partial charge in [-0.25, -0.2) is 10.2 Å². The lowest BCUT2D eigenvalue weighted by molar-refractivity contribution is -0.119. The molecule has 2 N–H and O–H groups in total. The van der Waals surface area contributed by atoms with E-state index in [1.807, 2.05) is 0 Å². The molecule has 3 nitrogen and oxygen atoms in total. The Morgan fingerprint density at radius 2 is 1.42 bits per heavy atom. The van der Waals surface area contributed by atoms with E-state index in [4.69, 9.17) is 0 Å². The Labute approximate surface area is 166 Å². The van der Waals surface area contributed by atoms with Crippen LogP contribution in [-0.4, -0.2) is 28.9 Å². The number of rotatable bonds is 1. The summed E-state index contributed by atoms with van der Waals surface area (Å²) < 4.78 is 2.30. The van der Waals surface area contributed by atoms with E-state index in [0.717, 1.165) is 6.54 Å². The number of hydrogen-bond acceptors (Lipinski definition) is 3. The first-order valence-corrected chi connectivity index (χ1v) is 11.2. The quantitative estimate of drug-likeness (QED) is 0.607. The molecule has 0 aliphatic carbocycles. The van der Waals surface area contributed by atoms with Gasteiger partial charge in [-0.1, -0.05) is 48.5 Å². The third-order valence-electron chi connectivity index (χ3n) is 7.46. The van der Waals surface area contributed by atoms with Crippen molar-refractivity contribution in [3.63, 3.8) is 0 Å². The first kappa shape index (κ1) is 22.6. The van der Waals surface area contributed by atoms with Gasteiger partial charge in [0, 0.05) is 24.2 Å². The minimum atomic E-state index is 0.0365. The predicted octanol–water partition coefficient (Wildman–Crippen LogP) is 5.24. The molecule has 0 radical (unpaired) electrons. The van der Waals surface area contributed by atoms with E-state index in [0.29, 0.717) is 23.9 Å². The number of fused-ring (bicyclic) bond motifs is 1. The van der Waals surface area contributed by atoms with Crippen LogP contribution in [0.5, 0.6) is 0 Å². The van der Waals surface area contributed by atoms with Crippen molar-refractivity contribution in [1.82, 2.24) is 15.5 Å². The van der Waals surface area contributed by atoms with Crippen molar-refractivity contribution in [2.45, 2.75) is 106 Å². The van der Waals surface area contributed by atoms with Gasteiger partial charge in [0.2, 0.25) is 0 Å². The molecule has 4 heteroatoms. The van der Waals surface area contributed by atoms with Crippen molar-refractivity contribution in [1.29, 1.82) is 0 Å². The van der Waals surface area contributed by atoms with Gasteiger partial charge < -0.3 is 5.32 Å². The van der Waals surface area contributed by atoms with Gasteiger partial charge in [0.15, 0.2) is 0 Å². The molecular weight excluding hydrogens is 337 g/mol. The summed E-state index contributed by atoms with van der Waals surface area (Å²) in [6, 6.07) is 1.11. The standard InChI is InChI=1S/C22H46N3P/c1-11-16-13-20(5,6)18-17(21(7,8)14-23-16)19(3,4)12-15(2)25(26)24-22(18,9)10/h15-18,23-24H,11-14,26H2,1-10H3. The molecule has 5 atom stereocenters. The summed E-state index contributed by atoms with van der Waals surface area (Å²) in [6.07, 6.45) is 3.66. The average Bonchev–Trinajstić information content (AvgIpc) is 2.45. The van der Waals surface area contributed by atoms with E-state index >= 15 is 0 Å². The van der Waals surface area contributed by atoms with Gasteiger partial charge in [0.1, 0.15) is 0 Å². The minimum absolute atomic E-state index is 0.0365. The third kappa shape index (κ3) is 4.32. The molecule has 2 rings (SSSR count). The number of hydrazine groups is 1. The lowest BCUT2D eigenvalue weighted by Crippen LogP contribution is -2.67. The van der Waals surface area contributed by atoms with E-state index in [1.165, 1.54) is 19.3 Å². The maximum absolute atomic E-state index is 3.94. The van der Waals surface area contributed by atoms with Crippen molar-refractivity contribution < 1.29 is 0 Å². The highest BCUT2D eigenvalue weighted by Crippen LogP contribution is 2.58. The molecule has 0 saturated carbocycles. The summed E-state index contributed by atoms with van der Waals surface area (Å²) >= 11 is 0. The Morgan fingerprint density at radius 3 is 1.96 bits per heavy atom. The molecule has 2 aliphatic heterocycles. The van der Waals surface area contributed by atoms with Crippen molar-refractivity contribution in [2.24, 2.45) is 28.1 Å². The monoisotopic (exact) mass is 383 g/mol. The van der Waals surface area contributed by atoms with Crippen LogP contribution < -0.4 is 10.7 Å². The Balaban J connectivity index is 2.65. The van der Waals surface area contributed by atoms with Crippen LogP contribution in [0.15, 0.2) is 0 Å². The van der Waals surface area contributed by atoms with Crippen LogP contribution in [0.3, 0.4) is 0 Å². The largest absolute Gasteiger partial charge is 0.313 e. The lowest BCUT2D eigenvalue weighted by Gasteiger charge is -2.62. The summed E-state index contributed by atoms with van der Waals surface area (Å²) in [5.41, 5.74) is 4.72. The van der Waals surface area contributed by atoms with Crippen LogP contribution >= 0.6 is 9.39 Å². The van der Waals surface area contributed by atoms with E-state index < -0.39 is 0 Å². The first-order valence-electron chi connectivity index (χ1n) is 10.7. The first-order chi connectivity index (χ1) is 11.6. The van der Waals surface area contributed by atoms with Crippen LogP contribution in [0.1, 0.15) is 88.5 Å². The van der Waals surface area contributed by atoms with Gasteiger partial charge in [-0.15, -0.1) is 0 Å². The number of nitrogens with zero attached hydrogens (tertiary/aromatic N) is 1. The second kappa shape index (κ2) is 7.29. The smallest absolute Gasteiger partial charge is 0.0309 e. The summed E-state index contributed by atoms with van der Waals surface area (Å²) in [4.78, 5) is 0. The minimum Gasteiger partial charge on any atom is -0.313 e. The van der Waals surface area contributed by atoms with Gasteiger partial charge in [0.05, 0.1) is 0 Å². The van der Waals surface area contributed by atoms with Gasteiger partial charge >= 0.3 is 0 Å². The fraction of sp³-hybridized carbons (Fsp3) is 1.00. The Bertz CT molecular complexity index is 482. The molecular formula is C22H46N3P. The maximum atomic E-state index is 3.94.